The van der Waals surface area contributed by atoms with E-state index in [1.807, 2.05) is 26.1 Å². The number of aryl methyl sites for hydroxylation is 4. The Hall–Kier alpha value is -2.29. The van der Waals surface area contributed by atoms with E-state index in [2.05, 4.69) is 45.9 Å². The van der Waals surface area contributed by atoms with Gasteiger partial charge in [-0.2, -0.15) is 0 Å². The third kappa shape index (κ3) is 3.78. The summed E-state index contributed by atoms with van der Waals surface area (Å²) >= 11 is 0. The SMILES string of the molecule is CCC(=O)N(C)c1cccc(C)c1COc1cc(C)c(C)cc1C. The second-order valence-electron chi connectivity index (χ2n) is 6.37. The Morgan fingerprint density at radius 2 is 1.67 bits per heavy atom. The van der Waals surface area contributed by atoms with Crippen LogP contribution in [0.25, 0.3) is 0 Å². The van der Waals surface area contributed by atoms with Crippen LogP contribution in [0, 0.1) is 27.7 Å². The number of amides is 1. The molecule has 0 atom stereocenters. The first kappa shape index (κ1) is 18.1. The molecule has 3 nitrogen and oxygen atoms in total. The number of ether oxygens (including phenoxy) is 1. The minimum absolute atomic E-state index is 0.101. The monoisotopic (exact) mass is 325 g/mol. The van der Waals surface area contributed by atoms with E-state index in [0.717, 1.165) is 28.1 Å². The van der Waals surface area contributed by atoms with E-state index >= 15 is 0 Å². The lowest BCUT2D eigenvalue weighted by Gasteiger charge is -2.22. The lowest BCUT2D eigenvalue weighted by molar-refractivity contribution is -0.118. The van der Waals surface area contributed by atoms with Crippen molar-refractivity contribution in [3.63, 3.8) is 0 Å². The van der Waals surface area contributed by atoms with Crippen molar-refractivity contribution in [1.82, 2.24) is 0 Å². The molecule has 2 rings (SSSR count). The van der Waals surface area contributed by atoms with Crippen LogP contribution in [0.3, 0.4) is 0 Å². The largest absolute Gasteiger partial charge is 0.489 e. The van der Waals surface area contributed by atoms with Crippen molar-refractivity contribution in [2.45, 2.75) is 47.6 Å². The van der Waals surface area contributed by atoms with Crippen molar-refractivity contribution in [2.75, 3.05) is 11.9 Å². The van der Waals surface area contributed by atoms with Gasteiger partial charge in [0.1, 0.15) is 12.4 Å². The van der Waals surface area contributed by atoms with Crippen LogP contribution in [0.5, 0.6) is 5.75 Å². The maximum Gasteiger partial charge on any atom is 0.226 e. The van der Waals surface area contributed by atoms with E-state index in [1.54, 1.807) is 4.90 Å². The Morgan fingerprint density at radius 3 is 2.33 bits per heavy atom. The highest BCUT2D eigenvalue weighted by molar-refractivity contribution is 5.93. The molecule has 0 aromatic heterocycles. The third-order valence-electron chi connectivity index (χ3n) is 4.59. The zero-order valence-corrected chi connectivity index (χ0v) is 15.6. The van der Waals surface area contributed by atoms with Crippen LogP contribution < -0.4 is 9.64 Å². The number of anilines is 1. The molecule has 2 aromatic rings. The van der Waals surface area contributed by atoms with Crippen LogP contribution >= 0.6 is 0 Å². The second kappa shape index (κ2) is 7.52. The van der Waals surface area contributed by atoms with Crippen molar-refractivity contribution < 1.29 is 9.53 Å². The first-order valence-electron chi connectivity index (χ1n) is 8.40. The van der Waals surface area contributed by atoms with E-state index in [9.17, 15) is 4.79 Å². The summed E-state index contributed by atoms with van der Waals surface area (Å²) < 4.78 is 6.11. The normalized spacial score (nSPS) is 10.6. The van der Waals surface area contributed by atoms with Crippen LogP contribution in [-0.4, -0.2) is 13.0 Å². The molecule has 0 aliphatic carbocycles. The minimum atomic E-state index is 0.101. The predicted octanol–water partition coefficient (Wildman–Crippen LogP) is 4.87. The maximum atomic E-state index is 12.1. The van der Waals surface area contributed by atoms with Crippen molar-refractivity contribution in [3.05, 3.63) is 58.1 Å². The van der Waals surface area contributed by atoms with Gasteiger partial charge in [0.05, 0.1) is 5.69 Å². The predicted molar refractivity (Wildman–Crippen MR) is 99.9 cm³/mol. The van der Waals surface area contributed by atoms with Gasteiger partial charge < -0.3 is 9.64 Å². The highest BCUT2D eigenvalue weighted by Gasteiger charge is 2.15. The van der Waals surface area contributed by atoms with Crippen LogP contribution in [0.15, 0.2) is 30.3 Å². The molecule has 24 heavy (non-hydrogen) atoms. The van der Waals surface area contributed by atoms with Gasteiger partial charge in [0.15, 0.2) is 0 Å². The molecule has 0 aliphatic rings. The fourth-order valence-corrected chi connectivity index (χ4v) is 2.80. The molecular weight excluding hydrogens is 298 g/mol. The van der Waals surface area contributed by atoms with E-state index in [-0.39, 0.29) is 5.91 Å². The van der Waals surface area contributed by atoms with Gasteiger partial charge in [-0.25, -0.2) is 0 Å². The highest BCUT2D eigenvalue weighted by atomic mass is 16.5. The number of nitrogens with zero attached hydrogens (tertiary/aromatic N) is 1. The Bertz CT molecular complexity index is 750. The molecular formula is C21H27NO2. The van der Waals surface area contributed by atoms with Crippen molar-refractivity contribution >= 4 is 11.6 Å². The van der Waals surface area contributed by atoms with E-state index in [4.69, 9.17) is 4.74 Å². The Kier molecular flexibility index (Phi) is 5.66. The van der Waals surface area contributed by atoms with Crippen molar-refractivity contribution in [3.8, 4) is 5.75 Å². The second-order valence-corrected chi connectivity index (χ2v) is 6.37. The molecule has 2 aromatic carbocycles. The topological polar surface area (TPSA) is 29.5 Å². The summed E-state index contributed by atoms with van der Waals surface area (Å²) in [5.41, 5.74) is 6.72. The first-order valence-corrected chi connectivity index (χ1v) is 8.40. The zero-order chi connectivity index (χ0) is 17.9. The standard InChI is InChI=1S/C21H27NO2/c1-7-21(23)22(6)19-10-8-9-14(2)18(19)13-24-20-12-16(4)15(3)11-17(20)5/h8-12H,7,13H2,1-6H3. The summed E-state index contributed by atoms with van der Waals surface area (Å²) in [5.74, 6) is 1.00. The summed E-state index contributed by atoms with van der Waals surface area (Å²) in [6, 6.07) is 10.3. The van der Waals surface area contributed by atoms with Gasteiger partial charge in [-0.1, -0.05) is 25.1 Å². The van der Waals surface area contributed by atoms with E-state index in [0.29, 0.717) is 13.0 Å². The average Bonchev–Trinajstić information content (AvgIpc) is 2.56. The summed E-state index contributed by atoms with van der Waals surface area (Å²) in [6.07, 6.45) is 0.487. The minimum Gasteiger partial charge on any atom is -0.489 e. The summed E-state index contributed by atoms with van der Waals surface area (Å²) in [6.45, 7) is 10.6. The van der Waals surface area contributed by atoms with E-state index in [1.165, 1.54) is 11.1 Å². The summed E-state index contributed by atoms with van der Waals surface area (Å²) in [5, 5.41) is 0. The summed E-state index contributed by atoms with van der Waals surface area (Å²) in [4.78, 5) is 13.8. The Labute approximate surface area is 145 Å². The van der Waals surface area contributed by atoms with Crippen LogP contribution in [0.2, 0.25) is 0 Å². The molecule has 0 unspecified atom stereocenters. The highest BCUT2D eigenvalue weighted by Crippen LogP contribution is 2.28. The van der Waals surface area contributed by atoms with Crippen LogP contribution in [-0.2, 0) is 11.4 Å². The zero-order valence-electron chi connectivity index (χ0n) is 15.6. The molecule has 0 saturated heterocycles. The number of benzene rings is 2. The quantitative estimate of drug-likeness (QED) is 0.784. The van der Waals surface area contributed by atoms with Gasteiger partial charge in [0, 0.05) is 19.0 Å². The molecule has 128 valence electrons. The summed E-state index contributed by atoms with van der Waals surface area (Å²) in [7, 11) is 1.82. The molecule has 0 N–H and O–H groups in total. The number of carbonyl (C=O) groups excluding carboxylic acids is 1. The lowest BCUT2D eigenvalue weighted by atomic mass is 10.0. The Balaban J connectivity index is 2.30. The van der Waals surface area contributed by atoms with Crippen LogP contribution in [0.4, 0.5) is 5.69 Å². The lowest BCUT2D eigenvalue weighted by Crippen LogP contribution is -2.26. The molecule has 0 radical (unpaired) electrons. The van der Waals surface area contributed by atoms with Crippen LogP contribution in [0.1, 0.15) is 41.2 Å². The van der Waals surface area contributed by atoms with Crippen molar-refractivity contribution in [1.29, 1.82) is 0 Å². The average molecular weight is 325 g/mol. The molecule has 0 heterocycles. The van der Waals surface area contributed by atoms with E-state index < -0.39 is 0 Å². The maximum absolute atomic E-state index is 12.1. The van der Waals surface area contributed by atoms with Gasteiger partial charge in [-0.05, 0) is 62.1 Å². The van der Waals surface area contributed by atoms with Gasteiger partial charge in [-0.3, -0.25) is 4.79 Å². The van der Waals surface area contributed by atoms with Gasteiger partial charge >= 0.3 is 0 Å². The number of hydrogen-bond donors (Lipinski definition) is 0. The molecule has 3 heteroatoms. The molecule has 0 bridgehead atoms. The number of hydrogen-bond acceptors (Lipinski definition) is 2. The van der Waals surface area contributed by atoms with Gasteiger partial charge in [0.25, 0.3) is 0 Å². The fraction of sp³-hybridized carbons (Fsp3) is 0.381. The number of rotatable bonds is 5. The molecule has 0 saturated carbocycles. The van der Waals surface area contributed by atoms with Gasteiger partial charge in [-0.15, -0.1) is 0 Å². The first-order chi connectivity index (χ1) is 11.3. The van der Waals surface area contributed by atoms with Gasteiger partial charge in [0.2, 0.25) is 5.91 Å². The third-order valence-corrected chi connectivity index (χ3v) is 4.59. The number of carbonyl (C=O) groups is 1. The van der Waals surface area contributed by atoms with Crippen molar-refractivity contribution in [2.24, 2.45) is 0 Å². The Morgan fingerprint density at radius 1 is 1.00 bits per heavy atom. The molecule has 0 spiro atoms. The smallest absolute Gasteiger partial charge is 0.226 e. The molecule has 0 fully saturated rings. The molecule has 1 amide bonds. The fourth-order valence-electron chi connectivity index (χ4n) is 2.80. The molecule has 0 aliphatic heterocycles.